The van der Waals surface area contributed by atoms with E-state index in [1.165, 1.54) is 0 Å². The summed E-state index contributed by atoms with van der Waals surface area (Å²) in [6, 6.07) is 0.615. The molecule has 22 heavy (non-hydrogen) atoms. The van der Waals surface area contributed by atoms with E-state index in [9.17, 15) is 4.79 Å². The standard InChI is InChI=1S/C17H33N3O2/c1-4-14(5-2)16(19-10-12-22-13-11-19)17(21)20-8-6-15(18-3)7-9-20/h14-16,18H,4-13H2,1-3H3. The number of amides is 1. The average Bonchev–Trinajstić information content (AvgIpc) is 2.60. The molecule has 5 heteroatoms. The molecule has 0 aliphatic carbocycles. The van der Waals surface area contributed by atoms with Crippen LogP contribution in [0, 0.1) is 5.92 Å². The summed E-state index contributed by atoms with van der Waals surface area (Å²) in [6.07, 6.45) is 4.27. The van der Waals surface area contributed by atoms with Crippen LogP contribution >= 0.6 is 0 Å². The maximum atomic E-state index is 13.2. The van der Waals surface area contributed by atoms with Gasteiger partial charge in [-0.1, -0.05) is 26.7 Å². The van der Waals surface area contributed by atoms with Gasteiger partial charge in [-0.15, -0.1) is 0 Å². The topological polar surface area (TPSA) is 44.8 Å². The third-order valence-corrected chi connectivity index (χ3v) is 5.40. The summed E-state index contributed by atoms with van der Waals surface area (Å²) in [5.41, 5.74) is 0. The summed E-state index contributed by atoms with van der Waals surface area (Å²) in [4.78, 5) is 17.6. The molecule has 0 radical (unpaired) electrons. The van der Waals surface area contributed by atoms with Crippen molar-refractivity contribution in [1.82, 2.24) is 15.1 Å². The van der Waals surface area contributed by atoms with Crippen LogP contribution < -0.4 is 5.32 Å². The van der Waals surface area contributed by atoms with E-state index >= 15 is 0 Å². The second-order valence-electron chi connectivity index (χ2n) is 6.56. The molecule has 0 saturated carbocycles. The third kappa shape index (κ3) is 4.21. The van der Waals surface area contributed by atoms with Crippen molar-refractivity contribution in [3.05, 3.63) is 0 Å². The van der Waals surface area contributed by atoms with Crippen LogP contribution in [-0.4, -0.2) is 74.2 Å². The highest BCUT2D eigenvalue weighted by atomic mass is 16.5. The lowest BCUT2D eigenvalue weighted by atomic mass is 9.90. The van der Waals surface area contributed by atoms with E-state index in [1.807, 2.05) is 7.05 Å². The number of hydrogen-bond acceptors (Lipinski definition) is 4. The van der Waals surface area contributed by atoms with E-state index in [0.717, 1.165) is 65.1 Å². The first-order valence-corrected chi connectivity index (χ1v) is 8.99. The Bertz CT molecular complexity index is 333. The number of nitrogens with zero attached hydrogens (tertiary/aromatic N) is 2. The van der Waals surface area contributed by atoms with E-state index in [0.29, 0.717) is 17.9 Å². The Morgan fingerprint density at radius 1 is 1.14 bits per heavy atom. The fourth-order valence-corrected chi connectivity index (χ4v) is 3.82. The van der Waals surface area contributed by atoms with Gasteiger partial charge in [-0.05, 0) is 25.8 Å². The highest BCUT2D eigenvalue weighted by molar-refractivity contribution is 5.82. The first-order chi connectivity index (χ1) is 10.7. The molecule has 0 aromatic rings. The van der Waals surface area contributed by atoms with Gasteiger partial charge in [-0.25, -0.2) is 0 Å². The first kappa shape index (κ1) is 17.7. The Kier molecular flexibility index (Phi) is 7.12. The van der Waals surface area contributed by atoms with Gasteiger partial charge in [0, 0.05) is 32.2 Å². The number of carbonyl (C=O) groups excluding carboxylic acids is 1. The largest absolute Gasteiger partial charge is 0.379 e. The Balaban J connectivity index is 2.05. The van der Waals surface area contributed by atoms with Crippen molar-refractivity contribution < 1.29 is 9.53 Å². The first-order valence-electron chi connectivity index (χ1n) is 8.99. The molecule has 0 spiro atoms. The lowest BCUT2D eigenvalue weighted by Crippen LogP contribution is -2.57. The van der Waals surface area contributed by atoms with Gasteiger partial charge in [0.25, 0.3) is 0 Å². The molecule has 2 heterocycles. The predicted molar refractivity (Wildman–Crippen MR) is 88.9 cm³/mol. The van der Waals surface area contributed by atoms with Crippen molar-refractivity contribution in [2.24, 2.45) is 5.92 Å². The van der Waals surface area contributed by atoms with Crippen molar-refractivity contribution >= 4 is 5.91 Å². The summed E-state index contributed by atoms with van der Waals surface area (Å²) >= 11 is 0. The molecule has 2 aliphatic rings. The summed E-state index contributed by atoms with van der Waals surface area (Å²) < 4.78 is 5.48. The molecular weight excluding hydrogens is 278 g/mol. The number of piperidine rings is 1. The molecule has 2 saturated heterocycles. The SMILES string of the molecule is CCC(CC)C(C(=O)N1CCC(NC)CC1)N1CCOCC1. The molecule has 2 fully saturated rings. The number of rotatable bonds is 6. The lowest BCUT2D eigenvalue weighted by molar-refractivity contribution is -0.142. The summed E-state index contributed by atoms with van der Waals surface area (Å²) in [6.45, 7) is 9.50. The minimum absolute atomic E-state index is 0.0463. The van der Waals surface area contributed by atoms with Crippen LogP contribution in [0.2, 0.25) is 0 Å². The van der Waals surface area contributed by atoms with Gasteiger partial charge in [-0.2, -0.15) is 0 Å². The van der Waals surface area contributed by atoms with Gasteiger partial charge in [-0.3, -0.25) is 9.69 Å². The monoisotopic (exact) mass is 311 g/mol. The van der Waals surface area contributed by atoms with Crippen molar-refractivity contribution in [3.63, 3.8) is 0 Å². The molecule has 128 valence electrons. The van der Waals surface area contributed by atoms with Crippen LogP contribution in [0.5, 0.6) is 0 Å². The summed E-state index contributed by atoms with van der Waals surface area (Å²) in [7, 11) is 2.02. The molecule has 0 aromatic carbocycles. The van der Waals surface area contributed by atoms with Crippen molar-refractivity contribution in [2.45, 2.75) is 51.6 Å². The molecule has 1 atom stereocenters. The summed E-state index contributed by atoms with van der Waals surface area (Å²) in [5.74, 6) is 0.803. The predicted octanol–water partition coefficient (Wildman–Crippen LogP) is 1.33. The molecule has 0 aromatic heterocycles. The lowest BCUT2D eigenvalue weighted by Gasteiger charge is -2.42. The second-order valence-corrected chi connectivity index (χ2v) is 6.56. The molecule has 5 nitrogen and oxygen atoms in total. The Morgan fingerprint density at radius 3 is 2.23 bits per heavy atom. The number of likely N-dealkylation sites (tertiary alicyclic amines) is 1. The molecule has 2 aliphatic heterocycles. The zero-order chi connectivity index (χ0) is 15.9. The van der Waals surface area contributed by atoms with Gasteiger partial charge >= 0.3 is 0 Å². The van der Waals surface area contributed by atoms with E-state index in [2.05, 4.69) is 29.0 Å². The Labute approximate surface area is 135 Å². The van der Waals surface area contributed by atoms with E-state index in [-0.39, 0.29) is 6.04 Å². The van der Waals surface area contributed by atoms with Crippen LogP contribution in [0.3, 0.4) is 0 Å². The van der Waals surface area contributed by atoms with Crippen LogP contribution in [0.1, 0.15) is 39.5 Å². The molecule has 1 N–H and O–H groups in total. The Morgan fingerprint density at radius 2 is 1.73 bits per heavy atom. The minimum atomic E-state index is 0.0463. The van der Waals surface area contributed by atoms with Crippen molar-refractivity contribution in [1.29, 1.82) is 0 Å². The van der Waals surface area contributed by atoms with Crippen molar-refractivity contribution in [2.75, 3.05) is 46.4 Å². The fourth-order valence-electron chi connectivity index (χ4n) is 3.82. The summed E-state index contributed by atoms with van der Waals surface area (Å²) in [5, 5.41) is 3.34. The number of carbonyl (C=O) groups is 1. The van der Waals surface area contributed by atoms with Crippen LogP contribution in [0.4, 0.5) is 0 Å². The molecule has 1 unspecified atom stereocenters. The molecule has 2 rings (SSSR count). The van der Waals surface area contributed by atoms with Gasteiger partial charge < -0.3 is 15.0 Å². The van der Waals surface area contributed by atoms with Crippen LogP contribution in [0.25, 0.3) is 0 Å². The molecule has 1 amide bonds. The zero-order valence-electron chi connectivity index (χ0n) is 14.5. The molecular formula is C17H33N3O2. The maximum absolute atomic E-state index is 13.2. The minimum Gasteiger partial charge on any atom is -0.379 e. The third-order valence-electron chi connectivity index (χ3n) is 5.40. The quantitative estimate of drug-likeness (QED) is 0.804. The van der Waals surface area contributed by atoms with Gasteiger partial charge in [0.1, 0.15) is 0 Å². The maximum Gasteiger partial charge on any atom is 0.240 e. The smallest absolute Gasteiger partial charge is 0.240 e. The second kappa shape index (κ2) is 8.85. The van der Waals surface area contributed by atoms with Gasteiger partial charge in [0.05, 0.1) is 19.3 Å². The van der Waals surface area contributed by atoms with E-state index in [1.54, 1.807) is 0 Å². The van der Waals surface area contributed by atoms with Gasteiger partial charge in [0.15, 0.2) is 0 Å². The molecule has 0 bridgehead atoms. The number of ether oxygens (including phenoxy) is 1. The fraction of sp³-hybridized carbons (Fsp3) is 0.941. The normalized spacial score (nSPS) is 23.0. The van der Waals surface area contributed by atoms with Gasteiger partial charge in [0.2, 0.25) is 5.91 Å². The van der Waals surface area contributed by atoms with Crippen LogP contribution in [-0.2, 0) is 9.53 Å². The average molecular weight is 311 g/mol. The van der Waals surface area contributed by atoms with E-state index < -0.39 is 0 Å². The number of hydrogen-bond donors (Lipinski definition) is 1. The van der Waals surface area contributed by atoms with Crippen LogP contribution in [0.15, 0.2) is 0 Å². The highest BCUT2D eigenvalue weighted by Gasteiger charge is 2.36. The number of nitrogens with one attached hydrogen (secondary N) is 1. The zero-order valence-corrected chi connectivity index (χ0v) is 14.5. The Hall–Kier alpha value is -0.650. The highest BCUT2D eigenvalue weighted by Crippen LogP contribution is 2.23. The van der Waals surface area contributed by atoms with Crippen molar-refractivity contribution in [3.8, 4) is 0 Å². The number of morpholine rings is 1. The van der Waals surface area contributed by atoms with E-state index in [4.69, 9.17) is 4.74 Å².